The first kappa shape index (κ1) is 15.4. The summed E-state index contributed by atoms with van der Waals surface area (Å²) in [5.74, 6) is 1.97. The largest absolute Gasteiger partial charge is 0.496 e. The van der Waals surface area contributed by atoms with Crippen LogP contribution in [0.25, 0.3) is 0 Å². The zero-order valence-electron chi connectivity index (χ0n) is 12.2. The van der Waals surface area contributed by atoms with Gasteiger partial charge in [0.25, 0.3) is 0 Å². The van der Waals surface area contributed by atoms with E-state index < -0.39 is 0 Å². The normalized spacial score (nSPS) is 11.1. The molecule has 0 N–H and O–H groups in total. The molecule has 0 saturated heterocycles. The maximum Gasteiger partial charge on any atom is 0.124 e. The predicted octanol–water partition coefficient (Wildman–Crippen LogP) is 3.37. The van der Waals surface area contributed by atoms with Crippen LogP contribution < -0.4 is 4.74 Å². The Kier molecular flexibility index (Phi) is 6.03. The second-order valence-corrected chi connectivity index (χ2v) is 5.40. The van der Waals surface area contributed by atoms with Crippen molar-refractivity contribution < 1.29 is 4.74 Å². The second kappa shape index (κ2) is 7.05. The van der Waals surface area contributed by atoms with Crippen molar-refractivity contribution in [1.82, 2.24) is 4.90 Å². The molecule has 0 unspecified atom stereocenters. The van der Waals surface area contributed by atoms with Crippen molar-refractivity contribution in [3.63, 3.8) is 0 Å². The highest BCUT2D eigenvalue weighted by Crippen LogP contribution is 2.29. The summed E-state index contributed by atoms with van der Waals surface area (Å²) in [6.07, 6.45) is 1.13. The van der Waals surface area contributed by atoms with Crippen LogP contribution in [0.5, 0.6) is 5.75 Å². The Morgan fingerprint density at radius 1 is 1.22 bits per heavy atom. The molecule has 102 valence electrons. The maximum absolute atomic E-state index is 5.46. The van der Waals surface area contributed by atoms with Crippen molar-refractivity contribution in [1.29, 1.82) is 0 Å². The molecule has 0 fully saturated rings. The molecule has 1 rings (SSSR count). The van der Waals surface area contributed by atoms with Gasteiger partial charge in [-0.25, -0.2) is 0 Å². The molecule has 18 heavy (non-hydrogen) atoms. The summed E-state index contributed by atoms with van der Waals surface area (Å²) in [6, 6.07) is 2.25. The van der Waals surface area contributed by atoms with E-state index in [1.807, 2.05) is 0 Å². The van der Waals surface area contributed by atoms with Gasteiger partial charge in [-0.05, 0) is 68.8 Å². The standard InChI is InChI=1S/C15H25NOS/c1-11-9-14(10-16(4)7-6-8-18)12(2)13(3)15(11)17-5/h9,18H,6-8,10H2,1-5H3. The summed E-state index contributed by atoms with van der Waals surface area (Å²) < 4.78 is 5.46. The molecule has 0 aromatic heterocycles. The average Bonchev–Trinajstić information content (AvgIpc) is 2.33. The van der Waals surface area contributed by atoms with Crippen LogP contribution >= 0.6 is 12.6 Å². The Hall–Kier alpha value is -0.670. The number of thiol groups is 1. The molecule has 0 atom stereocenters. The smallest absolute Gasteiger partial charge is 0.124 e. The molecular formula is C15H25NOS. The first-order valence-corrected chi connectivity index (χ1v) is 7.07. The number of hydrogen-bond donors (Lipinski definition) is 1. The fourth-order valence-electron chi connectivity index (χ4n) is 2.33. The molecule has 0 aliphatic carbocycles. The van der Waals surface area contributed by atoms with Crippen LogP contribution in [0.15, 0.2) is 6.07 Å². The van der Waals surface area contributed by atoms with Crippen LogP contribution in [0.4, 0.5) is 0 Å². The van der Waals surface area contributed by atoms with Crippen molar-refractivity contribution >= 4 is 12.6 Å². The molecule has 1 aromatic rings. The molecule has 3 heteroatoms. The molecule has 0 spiro atoms. The fraction of sp³-hybridized carbons (Fsp3) is 0.600. The molecule has 0 aliphatic heterocycles. The summed E-state index contributed by atoms with van der Waals surface area (Å²) in [5, 5.41) is 0. The third kappa shape index (κ3) is 3.66. The highest BCUT2D eigenvalue weighted by molar-refractivity contribution is 7.80. The zero-order valence-corrected chi connectivity index (χ0v) is 13.1. The van der Waals surface area contributed by atoms with Crippen molar-refractivity contribution in [3.05, 3.63) is 28.3 Å². The minimum atomic E-state index is 0.948. The number of methoxy groups -OCH3 is 1. The predicted molar refractivity (Wildman–Crippen MR) is 82.0 cm³/mol. The molecule has 1 aromatic carbocycles. The fourth-order valence-corrected chi connectivity index (χ4v) is 2.47. The summed E-state index contributed by atoms with van der Waals surface area (Å²) in [4.78, 5) is 2.35. The maximum atomic E-state index is 5.46. The van der Waals surface area contributed by atoms with Crippen molar-refractivity contribution in [2.45, 2.75) is 33.7 Å². The van der Waals surface area contributed by atoms with Gasteiger partial charge in [-0.2, -0.15) is 12.6 Å². The minimum Gasteiger partial charge on any atom is -0.496 e. The molecule has 0 amide bonds. The van der Waals surface area contributed by atoms with Gasteiger partial charge >= 0.3 is 0 Å². The molecule has 0 bridgehead atoms. The van der Waals surface area contributed by atoms with Crippen molar-refractivity contribution in [2.75, 3.05) is 26.5 Å². The highest BCUT2D eigenvalue weighted by atomic mass is 32.1. The number of benzene rings is 1. The Bertz CT molecular complexity index is 404. The first-order valence-electron chi connectivity index (χ1n) is 6.44. The summed E-state index contributed by atoms with van der Waals surface area (Å²) >= 11 is 4.26. The van der Waals surface area contributed by atoms with Crippen LogP contribution in [-0.2, 0) is 6.54 Å². The second-order valence-electron chi connectivity index (χ2n) is 4.95. The summed E-state index contributed by atoms with van der Waals surface area (Å²) in [6.45, 7) is 8.51. The molecule has 0 aliphatic rings. The minimum absolute atomic E-state index is 0.948. The number of nitrogens with zero attached hydrogens (tertiary/aromatic N) is 1. The lowest BCUT2D eigenvalue weighted by Gasteiger charge is -2.20. The lowest BCUT2D eigenvalue weighted by Crippen LogP contribution is -2.20. The van der Waals surface area contributed by atoms with E-state index in [2.05, 4.69) is 51.4 Å². The lowest BCUT2D eigenvalue weighted by molar-refractivity contribution is 0.327. The van der Waals surface area contributed by atoms with E-state index in [1.165, 1.54) is 22.3 Å². The molecule has 0 saturated carbocycles. The van der Waals surface area contributed by atoms with Gasteiger partial charge in [0.15, 0.2) is 0 Å². The van der Waals surface area contributed by atoms with Crippen LogP contribution in [0.3, 0.4) is 0 Å². The van der Waals surface area contributed by atoms with E-state index in [-0.39, 0.29) is 0 Å². The molecule has 2 nitrogen and oxygen atoms in total. The quantitative estimate of drug-likeness (QED) is 0.793. The number of aryl methyl sites for hydroxylation is 1. The topological polar surface area (TPSA) is 12.5 Å². The van der Waals surface area contributed by atoms with E-state index in [1.54, 1.807) is 7.11 Å². The van der Waals surface area contributed by atoms with Gasteiger partial charge in [0.05, 0.1) is 7.11 Å². The van der Waals surface area contributed by atoms with E-state index >= 15 is 0 Å². The zero-order chi connectivity index (χ0) is 13.7. The first-order chi connectivity index (χ1) is 8.51. The van der Waals surface area contributed by atoms with Crippen LogP contribution in [-0.4, -0.2) is 31.4 Å². The van der Waals surface area contributed by atoms with Crippen molar-refractivity contribution in [2.24, 2.45) is 0 Å². The van der Waals surface area contributed by atoms with Gasteiger partial charge < -0.3 is 9.64 Å². The molecule has 0 heterocycles. The Morgan fingerprint density at radius 3 is 2.44 bits per heavy atom. The van der Waals surface area contributed by atoms with E-state index in [9.17, 15) is 0 Å². The number of ether oxygens (including phenoxy) is 1. The third-order valence-corrected chi connectivity index (χ3v) is 3.79. The van der Waals surface area contributed by atoms with Crippen molar-refractivity contribution in [3.8, 4) is 5.75 Å². The van der Waals surface area contributed by atoms with Gasteiger partial charge in [-0.3, -0.25) is 0 Å². The van der Waals surface area contributed by atoms with Crippen LogP contribution in [0, 0.1) is 20.8 Å². The van der Waals surface area contributed by atoms with E-state index in [0.29, 0.717) is 0 Å². The summed E-state index contributed by atoms with van der Waals surface area (Å²) in [7, 11) is 3.91. The van der Waals surface area contributed by atoms with Gasteiger partial charge in [0, 0.05) is 6.54 Å². The summed E-state index contributed by atoms with van der Waals surface area (Å²) in [5.41, 5.74) is 5.22. The monoisotopic (exact) mass is 267 g/mol. The molecule has 0 radical (unpaired) electrons. The number of hydrogen-bond acceptors (Lipinski definition) is 3. The van der Waals surface area contributed by atoms with Crippen LogP contribution in [0.2, 0.25) is 0 Å². The van der Waals surface area contributed by atoms with Gasteiger partial charge in [-0.15, -0.1) is 0 Å². The Balaban J connectivity index is 2.90. The van der Waals surface area contributed by atoms with E-state index in [0.717, 1.165) is 31.0 Å². The lowest BCUT2D eigenvalue weighted by atomic mass is 9.98. The Labute approximate surface area is 117 Å². The van der Waals surface area contributed by atoms with Gasteiger partial charge in [0.2, 0.25) is 0 Å². The van der Waals surface area contributed by atoms with Gasteiger partial charge in [0.1, 0.15) is 5.75 Å². The third-order valence-electron chi connectivity index (χ3n) is 3.48. The van der Waals surface area contributed by atoms with Crippen LogP contribution in [0.1, 0.15) is 28.7 Å². The average molecular weight is 267 g/mol. The highest BCUT2D eigenvalue weighted by Gasteiger charge is 2.11. The number of rotatable bonds is 6. The molecular weight excluding hydrogens is 242 g/mol. The van der Waals surface area contributed by atoms with E-state index in [4.69, 9.17) is 4.74 Å². The Morgan fingerprint density at radius 2 is 1.89 bits per heavy atom. The van der Waals surface area contributed by atoms with Gasteiger partial charge in [-0.1, -0.05) is 6.07 Å². The SMILES string of the molecule is COc1c(C)cc(CN(C)CCCS)c(C)c1C.